The Morgan fingerprint density at radius 1 is 1.20 bits per heavy atom. The predicted molar refractivity (Wildman–Crippen MR) is 60.6 cm³/mol. The van der Waals surface area contributed by atoms with Crippen molar-refractivity contribution in [1.29, 1.82) is 0 Å². The Kier molecular flexibility index (Phi) is 3.83. The molecule has 0 aromatic carbocycles. The van der Waals surface area contributed by atoms with Gasteiger partial charge < -0.3 is 0 Å². The maximum Gasteiger partial charge on any atom is 0.207 e. The number of hydrogen-bond acceptors (Lipinski definition) is 2. The van der Waals surface area contributed by atoms with E-state index in [9.17, 15) is 9.59 Å². The van der Waals surface area contributed by atoms with Crippen molar-refractivity contribution >= 4 is 11.6 Å². The van der Waals surface area contributed by atoms with Gasteiger partial charge in [0.25, 0.3) is 0 Å². The first kappa shape index (κ1) is 12.2. The predicted octanol–water partition coefficient (Wildman–Crippen LogP) is 2.92. The molecule has 0 aromatic rings. The zero-order chi connectivity index (χ0) is 11.5. The van der Waals surface area contributed by atoms with Crippen molar-refractivity contribution < 1.29 is 9.59 Å². The molecule has 0 aromatic heterocycles. The lowest BCUT2D eigenvalue weighted by Gasteiger charge is -2.24. The molecule has 1 rings (SSSR count). The van der Waals surface area contributed by atoms with Gasteiger partial charge in [0.15, 0.2) is 0 Å². The van der Waals surface area contributed by atoms with E-state index >= 15 is 0 Å². The third-order valence-corrected chi connectivity index (χ3v) is 3.30. The van der Waals surface area contributed by atoms with Crippen molar-refractivity contribution in [1.82, 2.24) is 0 Å². The van der Waals surface area contributed by atoms with Gasteiger partial charge in [0.1, 0.15) is 0 Å². The van der Waals surface area contributed by atoms with Crippen LogP contribution < -0.4 is 0 Å². The molecule has 84 valence electrons. The molecule has 0 heterocycles. The van der Waals surface area contributed by atoms with Crippen LogP contribution in [0.15, 0.2) is 12.7 Å². The normalized spacial score (nSPS) is 18.5. The first-order chi connectivity index (χ1) is 6.99. The molecular weight excluding hydrogens is 188 g/mol. The van der Waals surface area contributed by atoms with Gasteiger partial charge in [0, 0.05) is 11.3 Å². The number of rotatable bonds is 4. The average molecular weight is 208 g/mol. The van der Waals surface area contributed by atoms with Gasteiger partial charge in [-0.05, 0) is 26.7 Å². The molecule has 1 aliphatic rings. The van der Waals surface area contributed by atoms with Crippen LogP contribution in [-0.2, 0) is 9.59 Å². The van der Waals surface area contributed by atoms with E-state index in [4.69, 9.17) is 0 Å². The number of carbonyl (C=O) groups excluding carboxylic acids is 2. The molecule has 0 saturated heterocycles. The summed E-state index contributed by atoms with van der Waals surface area (Å²) in [7, 11) is 0. The minimum Gasteiger partial charge on any atom is -0.291 e. The molecule has 1 saturated carbocycles. The lowest BCUT2D eigenvalue weighted by molar-refractivity contribution is -0.143. The molecule has 0 aliphatic heterocycles. The maximum atomic E-state index is 11.9. The summed E-state index contributed by atoms with van der Waals surface area (Å²) in [5, 5.41) is 0. The standard InChI is InChI=1S/C13H20O2/c1-4-13(2,3)12(15)11(14)10-8-6-5-7-9-10/h4,10H,1,5-9H2,2-3H3. The number of allylic oxidation sites excluding steroid dienone is 1. The van der Waals surface area contributed by atoms with Crippen LogP contribution in [0.25, 0.3) is 0 Å². The largest absolute Gasteiger partial charge is 0.291 e. The highest BCUT2D eigenvalue weighted by Crippen LogP contribution is 2.28. The number of carbonyl (C=O) groups is 2. The zero-order valence-corrected chi connectivity index (χ0v) is 9.71. The SMILES string of the molecule is C=CC(C)(C)C(=O)C(=O)C1CCCCC1. The van der Waals surface area contributed by atoms with Crippen molar-refractivity contribution in [2.75, 3.05) is 0 Å². The lowest BCUT2D eigenvalue weighted by Crippen LogP contribution is -2.34. The van der Waals surface area contributed by atoms with E-state index in [2.05, 4.69) is 6.58 Å². The Balaban J connectivity index is 2.67. The lowest BCUT2D eigenvalue weighted by atomic mass is 9.78. The number of ketones is 2. The summed E-state index contributed by atoms with van der Waals surface area (Å²) in [6.45, 7) is 7.11. The van der Waals surface area contributed by atoms with Gasteiger partial charge in [-0.2, -0.15) is 0 Å². The second kappa shape index (κ2) is 4.73. The molecule has 1 aliphatic carbocycles. The molecule has 1 fully saturated rings. The second-order valence-electron chi connectivity index (χ2n) is 4.95. The van der Waals surface area contributed by atoms with E-state index in [1.54, 1.807) is 19.9 Å². The van der Waals surface area contributed by atoms with Gasteiger partial charge in [-0.3, -0.25) is 9.59 Å². The van der Waals surface area contributed by atoms with Crippen molar-refractivity contribution in [3.8, 4) is 0 Å². The fourth-order valence-corrected chi connectivity index (χ4v) is 1.96. The van der Waals surface area contributed by atoms with Crippen LogP contribution in [0, 0.1) is 11.3 Å². The first-order valence-corrected chi connectivity index (χ1v) is 5.71. The third kappa shape index (κ3) is 2.77. The van der Waals surface area contributed by atoms with Gasteiger partial charge >= 0.3 is 0 Å². The van der Waals surface area contributed by atoms with Gasteiger partial charge in [-0.15, -0.1) is 6.58 Å². The highest BCUT2D eigenvalue weighted by atomic mass is 16.2. The van der Waals surface area contributed by atoms with E-state index in [1.165, 1.54) is 6.42 Å². The summed E-state index contributed by atoms with van der Waals surface area (Å²) < 4.78 is 0. The highest BCUT2D eigenvalue weighted by Gasteiger charge is 2.34. The van der Waals surface area contributed by atoms with Gasteiger partial charge in [-0.25, -0.2) is 0 Å². The minimum absolute atomic E-state index is 0.0227. The van der Waals surface area contributed by atoms with Crippen LogP contribution in [0.2, 0.25) is 0 Å². The Morgan fingerprint density at radius 3 is 2.20 bits per heavy atom. The fraction of sp³-hybridized carbons (Fsp3) is 0.692. The third-order valence-electron chi connectivity index (χ3n) is 3.30. The van der Waals surface area contributed by atoms with Gasteiger partial charge in [-0.1, -0.05) is 25.3 Å². The van der Waals surface area contributed by atoms with Crippen LogP contribution in [-0.4, -0.2) is 11.6 Å². The van der Waals surface area contributed by atoms with E-state index in [1.807, 2.05) is 0 Å². The van der Waals surface area contributed by atoms with Crippen molar-refractivity contribution in [3.05, 3.63) is 12.7 Å². The van der Waals surface area contributed by atoms with Crippen molar-refractivity contribution in [2.24, 2.45) is 11.3 Å². The Hall–Kier alpha value is -0.920. The molecule has 15 heavy (non-hydrogen) atoms. The summed E-state index contributed by atoms with van der Waals surface area (Å²) in [6, 6.07) is 0. The summed E-state index contributed by atoms with van der Waals surface area (Å²) in [4.78, 5) is 23.8. The van der Waals surface area contributed by atoms with E-state index in [0.717, 1.165) is 25.7 Å². The maximum absolute atomic E-state index is 11.9. The summed E-state index contributed by atoms with van der Waals surface area (Å²) in [5.41, 5.74) is -0.700. The molecule has 2 heteroatoms. The van der Waals surface area contributed by atoms with Crippen LogP contribution >= 0.6 is 0 Å². The van der Waals surface area contributed by atoms with Crippen LogP contribution in [0.4, 0.5) is 0 Å². The molecule has 0 bridgehead atoms. The summed E-state index contributed by atoms with van der Waals surface area (Å²) >= 11 is 0. The molecule has 2 nitrogen and oxygen atoms in total. The molecule has 0 amide bonds. The molecule has 0 N–H and O–H groups in total. The van der Waals surface area contributed by atoms with Crippen molar-refractivity contribution in [2.45, 2.75) is 46.0 Å². The smallest absolute Gasteiger partial charge is 0.207 e. The summed E-state index contributed by atoms with van der Waals surface area (Å²) in [6.07, 6.45) is 6.70. The fourth-order valence-electron chi connectivity index (χ4n) is 1.96. The summed E-state index contributed by atoms with van der Waals surface area (Å²) in [5.74, 6) is -0.477. The van der Waals surface area contributed by atoms with E-state index in [0.29, 0.717) is 0 Å². The topological polar surface area (TPSA) is 34.1 Å². The zero-order valence-electron chi connectivity index (χ0n) is 9.71. The van der Waals surface area contributed by atoms with E-state index < -0.39 is 5.41 Å². The Labute approximate surface area is 91.7 Å². The van der Waals surface area contributed by atoms with E-state index in [-0.39, 0.29) is 17.5 Å². The molecule has 0 radical (unpaired) electrons. The molecule has 0 unspecified atom stereocenters. The number of Topliss-reactive ketones (excluding diaryl/α,β-unsaturated/α-hetero) is 2. The minimum atomic E-state index is -0.700. The molecular formula is C13H20O2. The van der Waals surface area contributed by atoms with Crippen molar-refractivity contribution in [3.63, 3.8) is 0 Å². The van der Waals surface area contributed by atoms with Crippen LogP contribution in [0.1, 0.15) is 46.0 Å². The Bertz CT molecular complexity index is 270. The highest BCUT2D eigenvalue weighted by molar-refractivity contribution is 6.40. The Morgan fingerprint density at radius 2 is 1.73 bits per heavy atom. The second-order valence-corrected chi connectivity index (χ2v) is 4.95. The first-order valence-electron chi connectivity index (χ1n) is 5.71. The quantitative estimate of drug-likeness (QED) is 0.526. The molecule has 0 spiro atoms. The number of hydrogen-bond donors (Lipinski definition) is 0. The monoisotopic (exact) mass is 208 g/mol. The average Bonchev–Trinajstić information content (AvgIpc) is 2.28. The van der Waals surface area contributed by atoms with Gasteiger partial charge in [0.05, 0.1) is 0 Å². The van der Waals surface area contributed by atoms with Gasteiger partial charge in [0.2, 0.25) is 11.6 Å². The van der Waals surface area contributed by atoms with Crippen LogP contribution in [0.3, 0.4) is 0 Å². The molecule has 0 atom stereocenters. The van der Waals surface area contributed by atoms with Crippen LogP contribution in [0.5, 0.6) is 0 Å².